The van der Waals surface area contributed by atoms with Crippen LogP contribution < -0.4 is 20.3 Å². The minimum atomic E-state index is -0.617. The van der Waals surface area contributed by atoms with E-state index in [2.05, 4.69) is 35.5 Å². The van der Waals surface area contributed by atoms with Gasteiger partial charge < -0.3 is 25.0 Å². The van der Waals surface area contributed by atoms with Gasteiger partial charge in [0.2, 0.25) is 11.8 Å². The standard InChI is InChI=1S/C35H40N8O5/c44-31-4-2-1-3-27(31)28-18-30-33(39-38-28)36-19-24-21-41(13-14-42(24)30)23-9-11-40(12-10-23)15-16-48-25-5-6-26-22(17-25)20-43(35(26)47)29-7-8-32(45)37-34(29)46/h1-6,17-18,23-24,29,44H,7-16,19-21H2,(H,36,39)(H,37,45,46)/t24-,29+/m0/s1. The van der Waals surface area contributed by atoms with Gasteiger partial charge in [0.05, 0.1) is 17.4 Å². The predicted octanol–water partition coefficient (Wildman–Crippen LogP) is 2.07. The van der Waals surface area contributed by atoms with E-state index in [1.165, 1.54) is 0 Å². The Bertz CT molecular complexity index is 1740. The highest BCUT2D eigenvalue weighted by atomic mass is 16.5. The third-order valence-electron chi connectivity index (χ3n) is 10.5. The molecule has 2 atom stereocenters. The molecule has 6 heterocycles. The van der Waals surface area contributed by atoms with Gasteiger partial charge in [0, 0.05) is 62.9 Å². The van der Waals surface area contributed by atoms with Gasteiger partial charge in [-0.2, -0.15) is 0 Å². The number of para-hydroxylation sites is 1. The number of benzene rings is 2. The molecule has 3 N–H and O–H groups in total. The third-order valence-corrected chi connectivity index (χ3v) is 10.5. The number of carbonyl (C=O) groups is 3. The minimum Gasteiger partial charge on any atom is -0.507 e. The predicted molar refractivity (Wildman–Crippen MR) is 178 cm³/mol. The number of piperidine rings is 2. The molecule has 0 unspecified atom stereocenters. The molecule has 250 valence electrons. The number of phenols is 1. The lowest BCUT2D eigenvalue weighted by molar-refractivity contribution is -0.136. The van der Waals surface area contributed by atoms with Crippen LogP contribution in [0.3, 0.4) is 0 Å². The van der Waals surface area contributed by atoms with Crippen LogP contribution in [-0.2, 0) is 16.1 Å². The molecule has 13 heteroatoms. The van der Waals surface area contributed by atoms with Crippen molar-refractivity contribution in [3.05, 3.63) is 59.7 Å². The van der Waals surface area contributed by atoms with E-state index in [1.54, 1.807) is 17.0 Å². The number of aromatic nitrogens is 2. The number of piperazine rings is 1. The van der Waals surface area contributed by atoms with Gasteiger partial charge in [-0.15, -0.1) is 10.2 Å². The number of carbonyl (C=O) groups excluding carboxylic acids is 3. The summed E-state index contributed by atoms with van der Waals surface area (Å²) in [5.74, 6) is 0.868. The smallest absolute Gasteiger partial charge is 0.255 e. The van der Waals surface area contributed by atoms with Crippen LogP contribution in [0, 0.1) is 0 Å². The fourth-order valence-electron chi connectivity index (χ4n) is 7.91. The van der Waals surface area contributed by atoms with Crippen molar-refractivity contribution in [2.75, 3.05) is 62.6 Å². The lowest BCUT2D eigenvalue weighted by Gasteiger charge is -2.49. The van der Waals surface area contributed by atoms with Crippen LogP contribution in [0.2, 0.25) is 0 Å². The average molecular weight is 653 g/mol. The molecule has 2 aromatic carbocycles. The average Bonchev–Trinajstić information content (AvgIpc) is 3.43. The largest absolute Gasteiger partial charge is 0.507 e. The van der Waals surface area contributed by atoms with Crippen LogP contribution in [0.5, 0.6) is 11.5 Å². The number of fused-ring (bicyclic) bond motifs is 4. The number of phenolic OH excluding ortho intramolecular Hbond substituents is 1. The number of nitrogens with one attached hydrogen (secondary N) is 2. The Morgan fingerprint density at radius 3 is 2.58 bits per heavy atom. The fourth-order valence-corrected chi connectivity index (χ4v) is 7.91. The number of amides is 3. The highest BCUT2D eigenvalue weighted by Crippen LogP contribution is 2.37. The van der Waals surface area contributed by atoms with E-state index in [1.807, 2.05) is 36.4 Å². The van der Waals surface area contributed by atoms with Crippen molar-refractivity contribution in [1.29, 1.82) is 0 Å². The molecular weight excluding hydrogens is 612 g/mol. The monoisotopic (exact) mass is 652 g/mol. The van der Waals surface area contributed by atoms with Gasteiger partial charge in [0.25, 0.3) is 5.91 Å². The zero-order chi connectivity index (χ0) is 32.8. The van der Waals surface area contributed by atoms with Crippen LogP contribution >= 0.6 is 0 Å². The van der Waals surface area contributed by atoms with E-state index in [-0.39, 0.29) is 24.0 Å². The molecule has 5 aliphatic heterocycles. The number of anilines is 2. The van der Waals surface area contributed by atoms with E-state index in [9.17, 15) is 19.5 Å². The maximum Gasteiger partial charge on any atom is 0.255 e. The van der Waals surface area contributed by atoms with Gasteiger partial charge in [-0.1, -0.05) is 12.1 Å². The number of ether oxygens (including phenoxy) is 1. The number of nitrogens with zero attached hydrogens (tertiary/aromatic N) is 6. The molecule has 0 aliphatic carbocycles. The molecule has 0 radical (unpaired) electrons. The van der Waals surface area contributed by atoms with E-state index in [0.29, 0.717) is 48.5 Å². The second-order valence-corrected chi connectivity index (χ2v) is 13.3. The lowest BCUT2D eigenvalue weighted by Crippen LogP contribution is -2.61. The molecule has 0 spiro atoms. The Morgan fingerprint density at radius 2 is 1.75 bits per heavy atom. The maximum atomic E-state index is 13.0. The first-order valence-corrected chi connectivity index (χ1v) is 16.9. The molecule has 3 fully saturated rings. The second kappa shape index (κ2) is 12.7. The molecule has 48 heavy (non-hydrogen) atoms. The van der Waals surface area contributed by atoms with Crippen molar-refractivity contribution in [2.45, 2.75) is 50.4 Å². The Morgan fingerprint density at radius 1 is 0.896 bits per heavy atom. The van der Waals surface area contributed by atoms with Gasteiger partial charge in [-0.25, -0.2) is 0 Å². The number of likely N-dealkylation sites (tertiary alicyclic amines) is 1. The van der Waals surface area contributed by atoms with E-state index in [4.69, 9.17) is 4.74 Å². The fraction of sp³-hybridized carbons (Fsp3) is 0.457. The summed E-state index contributed by atoms with van der Waals surface area (Å²) in [6.07, 6.45) is 2.84. The Balaban J connectivity index is 0.808. The first-order valence-electron chi connectivity index (χ1n) is 16.9. The van der Waals surface area contributed by atoms with Crippen LogP contribution in [-0.4, -0.2) is 118 Å². The number of imide groups is 1. The third kappa shape index (κ3) is 5.81. The number of hydrogen-bond donors (Lipinski definition) is 3. The molecule has 3 amide bonds. The van der Waals surface area contributed by atoms with Gasteiger partial charge in [0.15, 0.2) is 5.82 Å². The van der Waals surface area contributed by atoms with E-state index < -0.39 is 11.9 Å². The lowest BCUT2D eigenvalue weighted by atomic mass is 9.99. The van der Waals surface area contributed by atoms with Crippen molar-refractivity contribution >= 4 is 29.2 Å². The zero-order valence-electron chi connectivity index (χ0n) is 26.8. The van der Waals surface area contributed by atoms with Crippen molar-refractivity contribution in [2.24, 2.45) is 0 Å². The van der Waals surface area contributed by atoms with Crippen LogP contribution in [0.25, 0.3) is 11.3 Å². The summed E-state index contributed by atoms with van der Waals surface area (Å²) in [4.78, 5) is 46.0. The summed E-state index contributed by atoms with van der Waals surface area (Å²) < 4.78 is 6.12. The summed E-state index contributed by atoms with van der Waals surface area (Å²) in [7, 11) is 0. The molecule has 1 aromatic heterocycles. The molecule has 0 bridgehead atoms. The van der Waals surface area contributed by atoms with Gasteiger partial charge in [-0.05, 0) is 74.3 Å². The summed E-state index contributed by atoms with van der Waals surface area (Å²) in [6, 6.07) is 15.1. The van der Waals surface area contributed by atoms with Crippen LogP contribution in [0.4, 0.5) is 11.5 Å². The van der Waals surface area contributed by atoms with Crippen molar-refractivity contribution < 1.29 is 24.2 Å². The highest BCUT2D eigenvalue weighted by Gasteiger charge is 2.39. The van der Waals surface area contributed by atoms with Crippen LogP contribution in [0.15, 0.2) is 48.5 Å². The van der Waals surface area contributed by atoms with Crippen molar-refractivity contribution in [3.8, 4) is 22.8 Å². The Labute approximate surface area is 278 Å². The molecule has 3 saturated heterocycles. The first-order chi connectivity index (χ1) is 23.4. The minimum absolute atomic E-state index is 0.174. The van der Waals surface area contributed by atoms with Gasteiger partial charge >= 0.3 is 0 Å². The molecule has 8 rings (SSSR count). The van der Waals surface area contributed by atoms with E-state index in [0.717, 1.165) is 81.5 Å². The summed E-state index contributed by atoms with van der Waals surface area (Å²) in [6.45, 7) is 7.55. The number of rotatable bonds is 7. The molecular formula is C35H40N8O5. The topological polar surface area (TPSA) is 143 Å². The first kappa shape index (κ1) is 30.6. The number of aromatic hydroxyl groups is 1. The molecule has 3 aromatic rings. The Kier molecular flexibility index (Phi) is 8.09. The normalized spacial score (nSPS) is 23.3. The Hall–Kier alpha value is -4.75. The quantitative estimate of drug-likeness (QED) is 0.323. The van der Waals surface area contributed by atoms with Crippen LogP contribution in [0.1, 0.15) is 41.6 Å². The molecule has 5 aliphatic rings. The summed E-state index contributed by atoms with van der Waals surface area (Å²) in [5.41, 5.74) is 3.86. The highest BCUT2D eigenvalue weighted by molar-refractivity contribution is 6.05. The molecule has 0 saturated carbocycles. The van der Waals surface area contributed by atoms with Gasteiger partial charge in [0.1, 0.15) is 24.1 Å². The second-order valence-electron chi connectivity index (χ2n) is 13.3. The van der Waals surface area contributed by atoms with Crippen molar-refractivity contribution in [3.63, 3.8) is 0 Å². The summed E-state index contributed by atoms with van der Waals surface area (Å²) >= 11 is 0. The summed E-state index contributed by atoms with van der Waals surface area (Å²) in [5, 5.41) is 25.0. The van der Waals surface area contributed by atoms with Gasteiger partial charge in [-0.3, -0.25) is 29.5 Å². The zero-order valence-corrected chi connectivity index (χ0v) is 26.8. The SMILES string of the molecule is O=C1CC[C@@H](N2Cc3cc(OCCN4CCC(N5CCN6c7cc(-c8ccccc8O)nnc7NC[C@H]6C5)CC4)ccc3C2=O)C(=O)N1. The van der Waals surface area contributed by atoms with Crippen molar-refractivity contribution in [1.82, 2.24) is 30.2 Å². The van der Waals surface area contributed by atoms with E-state index >= 15 is 0 Å². The number of hydrogen-bond acceptors (Lipinski definition) is 11. The molecule has 13 nitrogen and oxygen atoms in total. The maximum absolute atomic E-state index is 13.0.